The van der Waals surface area contributed by atoms with Crippen molar-refractivity contribution in [3.05, 3.63) is 38.7 Å². The predicted molar refractivity (Wildman–Crippen MR) is 115 cm³/mol. The first kappa shape index (κ1) is 22.7. The van der Waals surface area contributed by atoms with E-state index in [0.717, 1.165) is 11.8 Å². The minimum absolute atomic E-state index is 0.119. The number of hydrogen-bond donors (Lipinski definition) is 2. The molecule has 0 radical (unpaired) electrons. The van der Waals surface area contributed by atoms with Gasteiger partial charge >= 0.3 is 5.97 Å². The Labute approximate surface area is 182 Å². The van der Waals surface area contributed by atoms with Gasteiger partial charge in [0.1, 0.15) is 10.9 Å². The Bertz CT molecular complexity index is 830. The van der Waals surface area contributed by atoms with Gasteiger partial charge in [0.25, 0.3) is 5.91 Å². The highest BCUT2D eigenvalue weighted by Crippen LogP contribution is 2.35. The highest BCUT2D eigenvalue weighted by Gasteiger charge is 2.33. The Morgan fingerprint density at radius 1 is 1.25 bits per heavy atom. The largest absolute Gasteiger partial charge is 0.481 e. The topological polar surface area (TPSA) is 86.7 Å². The van der Waals surface area contributed by atoms with E-state index in [0.29, 0.717) is 50.6 Å². The van der Waals surface area contributed by atoms with Crippen molar-refractivity contribution in [1.82, 2.24) is 10.2 Å². The van der Waals surface area contributed by atoms with E-state index in [1.54, 1.807) is 24.3 Å². The summed E-state index contributed by atoms with van der Waals surface area (Å²) < 4.78 is 0.297. The number of nitrogens with zero attached hydrogens (tertiary/aromatic N) is 1. The van der Waals surface area contributed by atoms with Gasteiger partial charge in [-0.1, -0.05) is 65.7 Å². The average Bonchev–Trinajstić information content (AvgIpc) is 2.89. The Hall–Kier alpha value is -1.61. The van der Waals surface area contributed by atoms with Gasteiger partial charge in [0.15, 0.2) is 0 Å². The number of benzene rings is 1. The molecule has 1 aromatic rings. The van der Waals surface area contributed by atoms with Crippen molar-refractivity contribution in [2.45, 2.75) is 25.7 Å². The van der Waals surface area contributed by atoms with Crippen molar-refractivity contribution in [3.63, 3.8) is 0 Å². The lowest BCUT2D eigenvalue weighted by Crippen LogP contribution is -2.39. The SMILES string of the molecule is O=C(O)CCCCCNC(=O)CN1C(=O)/C(=C/c2cccc(Cl)c2Cl)SC1=S. The molecule has 0 atom stereocenters. The molecule has 150 valence electrons. The predicted octanol–water partition coefficient (Wildman–Crippen LogP) is 3.96. The number of halogens is 2. The van der Waals surface area contributed by atoms with E-state index in [1.807, 2.05) is 0 Å². The normalized spacial score (nSPS) is 15.4. The second kappa shape index (κ2) is 10.8. The number of thiocarbonyl (C=S) groups is 1. The molecular weight excluding hydrogens is 443 g/mol. The van der Waals surface area contributed by atoms with E-state index in [1.165, 1.54) is 4.90 Å². The fraction of sp³-hybridized carbons (Fsp3) is 0.333. The molecule has 6 nitrogen and oxygen atoms in total. The lowest BCUT2D eigenvalue weighted by molar-refractivity contribution is -0.137. The molecule has 1 aromatic carbocycles. The number of unbranched alkanes of at least 4 members (excludes halogenated alkanes) is 2. The molecule has 0 saturated carbocycles. The third kappa shape index (κ3) is 6.48. The zero-order valence-electron chi connectivity index (χ0n) is 14.7. The number of carboxylic acids is 1. The summed E-state index contributed by atoms with van der Waals surface area (Å²) in [6, 6.07) is 5.11. The second-order valence-corrected chi connectivity index (χ2v) is 8.43. The van der Waals surface area contributed by atoms with Crippen LogP contribution in [0.2, 0.25) is 10.0 Å². The standard InChI is InChI=1S/C18H18Cl2N2O4S2/c19-12-6-4-5-11(16(12)20)9-13-17(26)22(18(27)28-13)10-14(23)21-8-3-1-2-7-15(24)25/h4-6,9H,1-3,7-8,10H2,(H,21,23)(H,24,25)/b13-9-. The van der Waals surface area contributed by atoms with Gasteiger partial charge in [-0.2, -0.15) is 0 Å². The van der Waals surface area contributed by atoms with Crippen LogP contribution in [0.25, 0.3) is 6.08 Å². The molecule has 0 aliphatic carbocycles. The Morgan fingerprint density at radius 2 is 2.00 bits per heavy atom. The van der Waals surface area contributed by atoms with Crippen molar-refractivity contribution in [3.8, 4) is 0 Å². The molecule has 1 aliphatic rings. The molecule has 2 rings (SSSR count). The van der Waals surface area contributed by atoms with Crippen LogP contribution in [0.3, 0.4) is 0 Å². The Balaban J connectivity index is 1.88. The number of carbonyl (C=O) groups is 3. The quantitative estimate of drug-likeness (QED) is 0.329. The lowest BCUT2D eigenvalue weighted by atomic mass is 10.2. The van der Waals surface area contributed by atoms with E-state index < -0.39 is 5.97 Å². The fourth-order valence-electron chi connectivity index (χ4n) is 2.41. The summed E-state index contributed by atoms with van der Waals surface area (Å²) in [6.07, 6.45) is 3.67. The van der Waals surface area contributed by atoms with E-state index >= 15 is 0 Å². The van der Waals surface area contributed by atoms with E-state index in [2.05, 4.69) is 5.32 Å². The summed E-state index contributed by atoms with van der Waals surface area (Å²) in [7, 11) is 0. The number of thioether (sulfide) groups is 1. The average molecular weight is 461 g/mol. The van der Waals surface area contributed by atoms with Crippen LogP contribution >= 0.6 is 47.2 Å². The number of rotatable bonds is 9. The van der Waals surface area contributed by atoms with E-state index in [9.17, 15) is 14.4 Å². The molecule has 2 N–H and O–H groups in total. The maximum Gasteiger partial charge on any atom is 0.303 e. The summed E-state index contributed by atoms with van der Waals surface area (Å²) in [5.41, 5.74) is 0.598. The minimum Gasteiger partial charge on any atom is -0.481 e. The molecule has 0 spiro atoms. The maximum atomic E-state index is 12.6. The number of carbonyl (C=O) groups excluding carboxylic acids is 2. The summed E-state index contributed by atoms with van der Waals surface area (Å²) in [4.78, 5) is 36.7. The van der Waals surface area contributed by atoms with Crippen LogP contribution in [-0.4, -0.2) is 45.2 Å². The van der Waals surface area contributed by atoms with Crippen LogP contribution in [0, 0.1) is 0 Å². The first-order valence-corrected chi connectivity index (χ1v) is 10.5. The zero-order valence-corrected chi connectivity index (χ0v) is 17.9. The van der Waals surface area contributed by atoms with Crippen LogP contribution in [-0.2, 0) is 14.4 Å². The van der Waals surface area contributed by atoms with Gasteiger partial charge in [-0.15, -0.1) is 0 Å². The molecule has 2 amide bonds. The molecular formula is C18H18Cl2N2O4S2. The van der Waals surface area contributed by atoms with Crippen LogP contribution in [0.4, 0.5) is 0 Å². The van der Waals surface area contributed by atoms with Crippen LogP contribution in [0.15, 0.2) is 23.1 Å². The zero-order chi connectivity index (χ0) is 20.7. The van der Waals surface area contributed by atoms with Crippen LogP contribution in [0.1, 0.15) is 31.2 Å². The van der Waals surface area contributed by atoms with Gasteiger partial charge < -0.3 is 10.4 Å². The molecule has 28 heavy (non-hydrogen) atoms. The first-order chi connectivity index (χ1) is 13.3. The minimum atomic E-state index is -0.828. The van der Waals surface area contributed by atoms with E-state index in [4.69, 9.17) is 40.5 Å². The lowest BCUT2D eigenvalue weighted by Gasteiger charge is -2.14. The van der Waals surface area contributed by atoms with Gasteiger partial charge in [-0.3, -0.25) is 19.3 Å². The molecule has 1 aliphatic heterocycles. The van der Waals surface area contributed by atoms with Crippen molar-refractivity contribution in [2.75, 3.05) is 13.1 Å². The second-order valence-electron chi connectivity index (χ2n) is 5.97. The first-order valence-electron chi connectivity index (χ1n) is 8.47. The smallest absolute Gasteiger partial charge is 0.303 e. The maximum absolute atomic E-state index is 12.6. The summed E-state index contributed by atoms with van der Waals surface area (Å²) in [5, 5.41) is 12.0. The van der Waals surface area contributed by atoms with Crippen molar-refractivity contribution in [1.29, 1.82) is 0 Å². The number of carboxylic acid groups (broad SMARTS) is 1. The van der Waals surface area contributed by atoms with Gasteiger partial charge in [0.05, 0.1) is 15.0 Å². The van der Waals surface area contributed by atoms with Gasteiger partial charge in [-0.25, -0.2) is 0 Å². The monoisotopic (exact) mass is 460 g/mol. The number of hydrogen-bond acceptors (Lipinski definition) is 5. The summed E-state index contributed by atoms with van der Waals surface area (Å²) in [6.45, 7) is 0.252. The van der Waals surface area contributed by atoms with Crippen molar-refractivity contribution < 1.29 is 19.5 Å². The third-order valence-corrected chi connectivity index (χ3v) is 6.04. The van der Waals surface area contributed by atoms with Gasteiger partial charge in [-0.05, 0) is 30.5 Å². The van der Waals surface area contributed by atoms with Gasteiger partial charge in [0, 0.05) is 13.0 Å². The molecule has 1 saturated heterocycles. The number of amides is 2. The molecule has 0 bridgehead atoms. The third-order valence-electron chi connectivity index (χ3n) is 3.83. The highest BCUT2D eigenvalue weighted by atomic mass is 35.5. The van der Waals surface area contributed by atoms with Crippen LogP contribution < -0.4 is 5.32 Å². The number of nitrogens with one attached hydrogen (secondary N) is 1. The molecule has 1 heterocycles. The van der Waals surface area contributed by atoms with Crippen molar-refractivity contribution >= 4 is 75.4 Å². The Morgan fingerprint density at radius 3 is 2.71 bits per heavy atom. The molecule has 10 heteroatoms. The summed E-state index contributed by atoms with van der Waals surface area (Å²) >= 11 is 18.5. The highest BCUT2D eigenvalue weighted by molar-refractivity contribution is 8.26. The van der Waals surface area contributed by atoms with Gasteiger partial charge in [0.2, 0.25) is 5.91 Å². The fourth-order valence-corrected chi connectivity index (χ4v) is 4.02. The van der Waals surface area contributed by atoms with Crippen molar-refractivity contribution in [2.24, 2.45) is 0 Å². The summed E-state index contributed by atoms with van der Waals surface area (Å²) in [5.74, 6) is -1.51. The molecule has 0 aromatic heterocycles. The molecule has 1 fully saturated rings. The number of aliphatic carboxylic acids is 1. The molecule has 0 unspecified atom stereocenters. The Kier molecular flexibility index (Phi) is 8.75. The van der Waals surface area contributed by atoms with Crippen LogP contribution in [0.5, 0.6) is 0 Å². The van der Waals surface area contributed by atoms with E-state index in [-0.39, 0.29) is 24.8 Å².